The van der Waals surface area contributed by atoms with Crippen molar-refractivity contribution in [2.75, 3.05) is 24.7 Å². The summed E-state index contributed by atoms with van der Waals surface area (Å²) < 4.78 is 29.7. The third-order valence-corrected chi connectivity index (χ3v) is 6.24. The highest BCUT2D eigenvalue weighted by Gasteiger charge is 2.36. The van der Waals surface area contributed by atoms with E-state index in [1.165, 1.54) is 4.57 Å². The number of pyridine rings is 1. The van der Waals surface area contributed by atoms with Crippen LogP contribution in [0, 0.1) is 5.82 Å². The SMILES string of the molecule is CC1CN(c2cc3c(cc2F)c(=O)c(C(=O)O)c2n3C(CF)S2)CC(C)N1. The molecular weight excluding hydrogens is 376 g/mol. The lowest BCUT2D eigenvalue weighted by Gasteiger charge is -2.38. The zero-order chi connectivity index (χ0) is 19.5. The van der Waals surface area contributed by atoms with Gasteiger partial charge in [0.05, 0.1) is 16.2 Å². The zero-order valence-corrected chi connectivity index (χ0v) is 15.6. The molecule has 1 fully saturated rings. The first-order chi connectivity index (χ1) is 12.8. The van der Waals surface area contributed by atoms with Gasteiger partial charge < -0.3 is 19.9 Å². The van der Waals surface area contributed by atoms with Crippen molar-refractivity contribution in [1.29, 1.82) is 0 Å². The Hall–Kier alpha value is -2.13. The van der Waals surface area contributed by atoms with Crippen molar-refractivity contribution in [2.24, 2.45) is 0 Å². The van der Waals surface area contributed by atoms with E-state index >= 15 is 0 Å². The third kappa shape index (κ3) is 2.80. The number of alkyl halides is 1. The molecule has 1 saturated heterocycles. The minimum atomic E-state index is -1.38. The van der Waals surface area contributed by atoms with Crippen LogP contribution in [0.1, 0.15) is 29.6 Å². The molecule has 0 saturated carbocycles. The van der Waals surface area contributed by atoms with Gasteiger partial charge in [0.2, 0.25) is 5.43 Å². The summed E-state index contributed by atoms with van der Waals surface area (Å²) in [5.41, 5.74) is -0.444. The number of fused-ring (bicyclic) bond motifs is 3. The maximum atomic E-state index is 14.9. The highest BCUT2D eigenvalue weighted by Crippen LogP contribution is 2.47. The minimum Gasteiger partial charge on any atom is -0.477 e. The number of hydrogen-bond acceptors (Lipinski definition) is 5. The van der Waals surface area contributed by atoms with Gasteiger partial charge in [-0.25, -0.2) is 13.6 Å². The average molecular weight is 395 g/mol. The molecule has 144 valence electrons. The molecule has 0 bridgehead atoms. The maximum absolute atomic E-state index is 14.9. The molecule has 2 N–H and O–H groups in total. The Morgan fingerprint density at radius 1 is 1.33 bits per heavy atom. The normalized spacial score (nSPS) is 24.6. The van der Waals surface area contributed by atoms with Crippen molar-refractivity contribution in [3.63, 3.8) is 0 Å². The van der Waals surface area contributed by atoms with E-state index in [1.807, 2.05) is 18.7 Å². The summed E-state index contributed by atoms with van der Waals surface area (Å²) in [5.74, 6) is -1.97. The number of halogens is 2. The monoisotopic (exact) mass is 395 g/mol. The molecule has 0 radical (unpaired) electrons. The Labute approximate surface area is 158 Å². The molecule has 4 rings (SSSR count). The van der Waals surface area contributed by atoms with E-state index in [0.717, 1.165) is 17.8 Å². The van der Waals surface area contributed by atoms with Crippen molar-refractivity contribution >= 4 is 34.3 Å². The summed E-state index contributed by atoms with van der Waals surface area (Å²) >= 11 is 1.02. The number of carbonyl (C=O) groups is 1. The predicted octanol–water partition coefficient (Wildman–Crippen LogP) is 2.60. The maximum Gasteiger partial charge on any atom is 0.342 e. The third-order valence-electron chi connectivity index (χ3n) is 5.01. The van der Waals surface area contributed by atoms with Crippen LogP contribution in [-0.4, -0.2) is 47.5 Å². The fraction of sp³-hybridized carbons (Fsp3) is 0.444. The molecule has 0 spiro atoms. The van der Waals surface area contributed by atoms with Crippen LogP contribution in [0.3, 0.4) is 0 Å². The van der Waals surface area contributed by atoms with Gasteiger partial charge in [-0.2, -0.15) is 0 Å². The summed E-state index contributed by atoms with van der Waals surface area (Å²) in [6.45, 7) is 4.50. The van der Waals surface area contributed by atoms with Crippen molar-refractivity contribution in [1.82, 2.24) is 9.88 Å². The number of benzene rings is 1. The van der Waals surface area contributed by atoms with Gasteiger partial charge in [0.1, 0.15) is 23.4 Å². The van der Waals surface area contributed by atoms with Gasteiger partial charge in [-0.1, -0.05) is 11.8 Å². The summed E-state index contributed by atoms with van der Waals surface area (Å²) in [5, 5.41) is 12.3. The molecule has 3 unspecified atom stereocenters. The topological polar surface area (TPSA) is 74.6 Å². The van der Waals surface area contributed by atoms with Crippen LogP contribution in [0.2, 0.25) is 0 Å². The molecule has 1 aromatic carbocycles. The van der Waals surface area contributed by atoms with Gasteiger partial charge in [-0.3, -0.25) is 4.79 Å². The lowest BCUT2D eigenvalue weighted by Crippen LogP contribution is -2.54. The number of rotatable bonds is 3. The number of anilines is 1. The Bertz CT molecular complexity index is 1000. The van der Waals surface area contributed by atoms with E-state index in [2.05, 4.69) is 5.32 Å². The number of piperazine rings is 1. The van der Waals surface area contributed by atoms with Gasteiger partial charge in [0, 0.05) is 30.6 Å². The molecule has 2 aliphatic rings. The van der Waals surface area contributed by atoms with Crippen molar-refractivity contribution < 1.29 is 18.7 Å². The van der Waals surface area contributed by atoms with Crippen LogP contribution in [0.4, 0.5) is 14.5 Å². The van der Waals surface area contributed by atoms with Crippen molar-refractivity contribution in [3.8, 4) is 0 Å². The summed E-state index contributed by atoms with van der Waals surface area (Å²) in [7, 11) is 0. The van der Waals surface area contributed by atoms with Crippen molar-refractivity contribution in [3.05, 3.63) is 33.7 Å². The summed E-state index contributed by atoms with van der Waals surface area (Å²) in [4.78, 5) is 26.0. The van der Waals surface area contributed by atoms with Crippen LogP contribution >= 0.6 is 11.8 Å². The predicted molar refractivity (Wildman–Crippen MR) is 100 cm³/mol. The number of carboxylic acids is 1. The Morgan fingerprint density at radius 3 is 2.59 bits per heavy atom. The van der Waals surface area contributed by atoms with E-state index in [1.54, 1.807) is 6.07 Å². The lowest BCUT2D eigenvalue weighted by atomic mass is 10.1. The number of carboxylic acid groups (broad SMARTS) is 1. The van der Waals surface area contributed by atoms with Crippen LogP contribution in [0.5, 0.6) is 0 Å². The van der Waals surface area contributed by atoms with Gasteiger partial charge in [-0.05, 0) is 26.0 Å². The van der Waals surface area contributed by atoms with E-state index in [-0.39, 0.29) is 22.5 Å². The van der Waals surface area contributed by atoms with Crippen LogP contribution in [0.15, 0.2) is 22.0 Å². The number of aromatic nitrogens is 1. The first-order valence-electron chi connectivity index (χ1n) is 8.70. The first kappa shape index (κ1) is 18.2. The Kier molecular flexibility index (Phi) is 4.38. The molecule has 0 amide bonds. The quantitative estimate of drug-likeness (QED) is 0.832. The second kappa shape index (κ2) is 6.49. The Morgan fingerprint density at radius 2 is 2.00 bits per heavy atom. The highest BCUT2D eigenvalue weighted by atomic mass is 32.2. The Balaban J connectivity index is 1.94. The van der Waals surface area contributed by atoms with E-state index in [9.17, 15) is 23.5 Å². The fourth-order valence-electron chi connectivity index (χ4n) is 3.98. The van der Waals surface area contributed by atoms with Gasteiger partial charge >= 0.3 is 5.97 Å². The number of thioether (sulfide) groups is 1. The summed E-state index contributed by atoms with van der Waals surface area (Å²) in [6, 6.07) is 2.97. The largest absolute Gasteiger partial charge is 0.477 e. The van der Waals surface area contributed by atoms with E-state index < -0.39 is 34.8 Å². The second-order valence-corrected chi connectivity index (χ2v) is 8.27. The molecule has 9 heteroatoms. The standard InChI is InChI=1S/C18H19F2N3O3S/c1-8-6-22(7-9(2)21-8)13-4-12-10(3-11(13)20)16(24)15(18(25)26)17-23(12)14(5-19)27-17/h3-4,8-9,14,21H,5-7H2,1-2H3,(H,25,26). The smallest absolute Gasteiger partial charge is 0.342 e. The molecule has 1 aromatic heterocycles. The first-order valence-corrected chi connectivity index (χ1v) is 9.58. The fourth-order valence-corrected chi connectivity index (χ4v) is 5.10. The number of nitrogens with one attached hydrogen (secondary N) is 1. The van der Waals surface area contributed by atoms with Crippen molar-refractivity contribution in [2.45, 2.75) is 36.3 Å². The molecule has 6 nitrogen and oxygen atoms in total. The molecule has 2 aromatic rings. The molecule has 3 atom stereocenters. The second-order valence-electron chi connectivity index (χ2n) is 7.11. The number of nitrogens with zero attached hydrogens (tertiary/aromatic N) is 2. The summed E-state index contributed by atoms with van der Waals surface area (Å²) in [6.07, 6.45) is 0. The molecule has 0 aliphatic carbocycles. The van der Waals surface area contributed by atoms with Crippen LogP contribution < -0.4 is 15.6 Å². The number of aromatic carboxylic acids is 1. The molecule has 27 heavy (non-hydrogen) atoms. The molecule has 2 aliphatic heterocycles. The molecular formula is C18H19F2N3O3S. The van der Waals surface area contributed by atoms with Gasteiger partial charge in [0.15, 0.2) is 0 Å². The number of hydrogen-bond donors (Lipinski definition) is 2. The van der Waals surface area contributed by atoms with Gasteiger partial charge in [-0.15, -0.1) is 0 Å². The van der Waals surface area contributed by atoms with Crippen LogP contribution in [0.25, 0.3) is 10.9 Å². The van der Waals surface area contributed by atoms with E-state index in [4.69, 9.17) is 0 Å². The zero-order valence-electron chi connectivity index (χ0n) is 14.8. The molecule has 3 heterocycles. The van der Waals surface area contributed by atoms with Crippen LogP contribution in [-0.2, 0) is 0 Å². The van der Waals surface area contributed by atoms with E-state index in [0.29, 0.717) is 24.3 Å². The highest BCUT2D eigenvalue weighted by molar-refractivity contribution is 8.00. The average Bonchev–Trinajstić information content (AvgIpc) is 2.56. The minimum absolute atomic E-state index is 0.0348. The van der Waals surface area contributed by atoms with Gasteiger partial charge in [0.25, 0.3) is 0 Å². The lowest BCUT2D eigenvalue weighted by molar-refractivity contribution is 0.0689.